The second-order valence-electron chi connectivity index (χ2n) is 3.88. The van der Waals surface area contributed by atoms with Crippen molar-refractivity contribution in [3.63, 3.8) is 0 Å². The molecule has 0 aliphatic heterocycles. The van der Waals surface area contributed by atoms with Gasteiger partial charge >= 0.3 is 0 Å². The van der Waals surface area contributed by atoms with Gasteiger partial charge in [0.2, 0.25) is 0 Å². The molecular formula is C11H18ClNOS. The number of aliphatic hydroxyl groups excluding tert-OH is 1. The predicted octanol–water partition coefficient (Wildman–Crippen LogP) is 2.21. The molecule has 4 heteroatoms. The molecule has 0 aromatic carbocycles. The van der Waals surface area contributed by atoms with E-state index < -0.39 is 6.10 Å². The van der Waals surface area contributed by atoms with E-state index in [1.54, 1.807) is 11.3 Å². The van der Waals surface area contributed by atoms with Crippen LogP contribution in [0.25, 0.3) is 0 Å². The van der Waals surface area contributed by atoms with Gasteiger partial charge in [-0.2, -0.15) is 0 Å². The van der Waals surface area contributed by atoms with Crippen LogP contribution in [0.1, 0.15) is 11.8 Å². The first-order chi connectivity index (χ1) is 7.13. The van der Waals surface area contributed by atoms with Gasteiger partial charge in [0, 0.05) is 23.3 Å². The quantitative estimate of drug-likeness (QED) is 0.780. The van der Waals surface area contributed by atoms with Crippen molar-refractivity contribution in [1.29, 1.82) is 0 Å². The van der Waals surface area contributed by atoms with E-state index in [9.17, 15) is 5.11 Å². The van der Waals surface area contributed by atoms with Gasteiger partial charge in [0.15, 0.2) is 0 Å². The molecule has 1 rings (SSSR count). The van der Waals surface area contributed by atoms with Gasteiger partial charge in [-0.15, -0.1) is 22.9 Å². The van der Waals surface area contributed by atoms with Gasteiger partial charge in [-0.25, -0.2) is 0 Å². The Hall–Kier alpha value is -0.0900. The zero-order valence-electron chi connectivity index (χ0n) is 9.19. The van der Waals surface area contributed by atoms with E-state index in [0.717, 1.165) is 6.42 Å². The highest BCUT2D eigenvalue weighted by atomic mass is 35.5. The highest BCUT2D eigenvalue weighted by Crippen LogP contribution is 2.13. The van der Waals surface area contributed by atoms with E-state index >= 15 is 0 Å². The molecule has 0 spiro atoms. The minimum absolute atomic E-state index is 0.302. The predicted molar refractivity (Wildman–Crippen MR) is 66.8 cm³/mol. The number of halogens is 1. The second kappa shape index (κ2) is 6.48. The smallest absolute Gasteiger partial charge is 0.0802 e. The molecule has 1 heterocycles. The lowest BCUT2D eigenvalue weighted by Gasteiger charge is -2.25. The van der Waals surface area contributed by atoms with E-state index in [1.165, 1.54) is 4.88 Å². The van der Waals surface area contributed by atoms with E-state index in [0.29, 0.717) is 18.5 Å². The zero-order valence-corrected chi connectivity index (χ0v) is 10.8. The molecule has 15 heavy (non-hydrogen) atoms. The highest BCUT2D eigenvalue weighted by Gasteiger charge is 2.13. The average Bonchev–Trinajstić information content (AvgIpc) is 2.70. The van der Waals surface area contributed by atoms with Crippen LogP contribution in [0, 0.1) is 0 Å². The number of rotatable bonds is 6. The molecule has 86 valence electrons. The van der Waals surface area contributed by atoms with Crippen molar-refractivity contribution in [2.75, 3.05) is 19.5 Å². The Morgan fingerprint density at radius 2 is 2.33 bits per heavy atom. The third-order valence-corrected chi connectivity index (χ3v) is 3.76. The molecule has 0 saturated heterocycles. The summed E-state index contributed by atoms with van der Waals surface area (Å²) in [5.41, 5.74) is 0. The molecule has 0 bridgehead atoms. The Morgan fingerprint density at radius 3 is 2.87 bits per heavy atom. The summed E-state index contributed by atoms with van der Waals surface area (Å²) < 4.78 is 0. The summed E-state index contributed by atoms with van der Waals surface area (Å²) in [6.07, 6.45) is 0.603. The summed E-state index contributed by atoms with van der Waals surface area (Å²) in [5.74, 6) is 0.302. The molecule has 2 atom stereocenters. The van der Waals surface area contributed by atoms with Gasteiger partial charge < -0.3 is 10.0 Å². The monoisotopic (exact) mass is 247 g/mol. The van der Waals surface area contributed by atoms with Crippen molar-refractivity contribution in [2.45, 2.75) is 25.5 Å². The number of hydrogen-bond acceptors (Lipinski definition) is 3. The molecule has 2 nitrogen and oxygen atoms in total. The number of thiophene rings is 1. The second-order valence-corrected chi connectivity index (χ2v) is 5.22. The Labute approximate surface area is 100 Å². The third-order valence-electron chi connectivity index (χ3n) is 2.51. The fourth-order valence-electron chi connectivity index (χ4n) is 1.44. The van der Waals surface area contributed by atoms with E-state index in [-0.39, 0.29) is 0 Å². The van der Waals surface area contributed by atoms with Crippen LogP contribution < -0.4 is 0 Å². The van der Waals surface area contributed by atoms with Crippen molar-refractivity contribution < 1.29 is 5.11 Å². The Bertz CT molecular complexity index is 266. The largest absolute Gasteiger partial charge is 0.391 e. The summed E-state index contributed by atoms with van der Waals surface area (Å²) in [4.78, 5) is 3.53. The number of likely N-dealkylation sites (N-methyl/N-ethyl adjacent to an activating group) is 1. The topological polar surface area (TPSA) is 23.5 Å². The summed E-state index contributed by atoms with van der Waals surface area (Å²) >= 11 is 7.35. The van der Waals surface area contributed by atoms with Crippen LogP contribution in [0.2, 0.25) is 0 Å². The number of aliphatic hydroxyl groups is 1. The lowest BCUT2D eigenvalue weighted by atomic mass is 10.2. The standard InChI is InChI=1S/C11H18ClNOS/c1-9(6-11-4-3-5-15-11)13(2)8-10(14)7-12/h3-5,9-10,14H,6-8H2,1-2H3. The summed E-state index contributed by atoms with van der Waals surface area (Å²) in [7, 11) is 2.02. The first-order valence-corrected chi connectivity index (χ1v) is 6.51. The summed E-state index contributed by atoms with van der Waals surface area (Å²) in [6.45, 7) is 2.80. The Balaban J connectivity index is 2.36. The molecule has 0 fully saturated rings. The highest BCUT2D eigenvalue weighted by molar-refractivity contribution is 7.09. The maximum atomic E-state index is 9.43. The van der Waals surface area contributed by atoms with Crippen LogP contribution in [0.5, 0.6) is 0 Å². The lowest BCUT2D eigenvalue weighted by molar-refractivity contribution is 0.124. The van der Waals surface area contributed by atoms with Crippen molar-refractivity contribution in [3.8, 4) is 0 Å². The van der Waals surface area contributed by atoms with Crippen LogP contribution in [0.15, 0.2) is 17.5 Å². The first-order valence-electron chi connectivity index (χ1n) is 5.10. The number of hydrogen-bond donors (Lipinski definition) is 1. The SMILES string of the molecule is CC(Cc1cccs1)N(C)CC(O)CCl. The van der Waals surface area contributed by atoms with Crippen LogP contribution in [-0.2, 0) is 6.42 Å². The Kier molecular flexibility index (Phi) is 5.61. The molecule has 0 aliphatic carbocycles. The Morgan fingerprint density at radius 1 is 1.60 bits per heavy atom. The van der Waals surface area contributed by atoms with Gasteiger partial charge in [0.1, 0.15) is 0 Å². The van der Waals surface area contributed by atoms with E-state index in [1.807, 2.05) is 7.05 Å². The average molecular weight is 248 g/mol. The first kappa shape index (κ1) is 13.0. The molecular weight excluding hydrogens is 230 g/mol. The van der Waals surface area contributed by atoms with Crippen molar-refractivity contribution in [3.05, 3.63) is 22.4 Å². The van der Waals surface area contributed by atoms with E-state index in [2.05, 4.69) is 29.3 Å². The summed E-state index contributed by atoms with van der Waals surface area (Å²) in [6, 6.07) is 4.65. The maximum absolute atomic E-state index is 9.43. The van der Waals surface area contributed by atoms with Crippen LogP contribution in [0.4, 0.5) is 0 Å². The van der Waals surface area contributed by atoms with Crippen LogP contribution >= 0.6 is 22.9 Å². The molecule has 1 aromatic rings. The van der Waals surface area contributed by atoms with Gasteiger partial charge in [-0.1, -0.05) is 6.07 Å². The van der Waals surface area contributed by atoms with Gasteiger partial charge in [-0.3, -0.25) is 0 Å². The fourth-order valence-corrected chi connectivity index (χ4v) is 2.36. The lowest BCUT2D eigenvalue weighted by Crippen LogP contribution is -2.37. The molecule has 1 N–H and O–H groups in total. The molecule has 2 unspecified atom stereocenters. The molecule has 0 radical (unpaired) electrons. The van der Waals surface area contributed by atoms with Gasteiger partial charge in [0.25, 0.3) is 0 Å². The molecule has 0 amide bonds. The van der Waals surface area contributed by atoms with Gasteiger partial charge in [-0.05, 0) is 31.8 Å². The van der Waals surface area contributed by atoms with Gasteiger partial charge in [0.05, 0.1) is 6.10 Å². The summed E-state index contributed by atoms with van der Waals surface area (Å²) in [5, 5.41) is 11.5. The molecule has 0 saturated carbocycles. The normalized spacial score (nSPS) is 15.5. The maximum Gasteiger partial charge on any atom is 0.0802 e. The van der Waals surface area contributed by atoms with Crippen molar-refractivity contribution in [2.24, 2.45) is 0 Å². The van der Waals surface area contributed by atoms with Crippen molar-refractivity contribution in [1.82, 2.24) is 4.90 Å². The number of alkyl halides is 1. The zero-order chi connectivity index (χ0) is 11.3. The molecule has 1 aromatic heterocycles. The van der Waals surface area contributed by atoms with Crippen LogP contribution in [0.3, 0.4) is 0 Å². The number of nitrogens with zero attached hydrogens (tertiary/aromatic N) is 1. The fraction of sp³-hybridized carbons (Fsp3) is 0.636. The van der Waals surface area contributed by atoms with Crippen molar-refractivity contribution >= 4 is 22.9 Å². The minimum atomic E-state index is -0.428. The van der Waals surface area contributed by atoms with Crippen LogP contribution in [-0.4, -0.2) is 41.6 Å². The third kappa shape index (κ3) is 4.51. The molecule has 0 aliphatic rings. The minimum Gasteiger partial charge on any atom is -0.391 e. The van der Waals surface area contributed by atoms with E-state index in [4.69, 9.17) is 11.6 Å².